The normalized spacial score (nSPS) is 11.2. The summed E-state index contributed by atoms with van der Waals surface area (Å²) in [6.45, 7) is -1.53. The molecule has 102 valence electrons. The molecule has 0 bridgehead atoms. The lowest BCUT2D eigenvalue weighted by atomic mass is 10.2. The molecule has 1 aromatic carbocycles. The third-order valence-electron chi connectivity index (χ3n) is 2.14. The molecular weight excluding hydrogens is 259 g/mol. The van der Waals surface area contributed by atoms with Gasteiger partial charge in [-0.25, -0.2) is 0 Å². The zero-order valence-electron chi connectivity index (χ0n) is 10.2. The van der Waals surface area contributed by atoms with E-state index in [0.29, 0.717) is 11.3 Å². The molecule has 4 nitrogen and oxygen atoms in total. The number of carbonyl (C=O) groups excluding carboxylic acids is 1. The molecule has 1 amide bonds. The lowest BCUT2D eigenvalue weighted by molar-refractivity contribution is -0.145. The van der Waals surface area contributed by atoms with E-state index >= 15 is 0 Å². The number of rotatable bonds is 4. The van der Waals surface area contributed by atoms with Crippen molar-refractivity contribution in [3.8, 4) is 6.07 Å². The van der Waals surface area contributed by atoms with Crippen molar-refractivity contribution in [2.45, 2.75) is 6.18 Å². The van der Waals surface area contributed by atoms with Crippen LogP contribution in [0, 0.1) is 11.3 Å². The van der Waals surface area contributed by atoms with Crippen LogP contribution in [0.5, 0.6) is 0 Å². The number of hydrogen-bond acceptors (Lipinski definition) is 3. The van der Waals surface area contributed by atoms with Crippen LogP contribution in [0.2, 0.25) is 0 Å². The number of nitriles is 1. The predicted octanol–water partition coefficient (Wildman–Crippen LogP) is 1.99. The molecule has 0 atom stereocenters. The second-order valence-corrected chi connectivity index (χ2v) is 4.03. The highest BCUT2D eigenvalue weighted by molar-refractivity contribution is 5.92. The molecule has 0 aromatic heterocycles. The highest BCUT2D eigenvalue weighted by Gasteiger charge is 2.29. The monoisotopic (exact) mass is 271 g/mol. The van der Waals surface area contributed by atoms with Gasteiger partial charge in [-0.05, 0) is 25.2 Å². The highest BCUT2D eigenvalue weighted by atomic mass is 19.4. The van der Waals surface area contributed by atoms with E-state index in [2.05, 4.69) is 5.32 Å². The Morgan fingerprint density at radius 1 is 1.47 bits per heavy atom. The fourth-order valence-corrected chi connectivity index (χ4v) is 1.47. The molecule has 0 aliphatic rings. The molecule has 0 radical (unpaired) electrons. The summed E-state index contributed by atoms with van der Waals surface area (Å²) in [4.78, 5) is 12.4. The number of likely N-dealkylation sites (N-methyl/N-ethyl adjacent to an activating group) is 1. The number of alkyl halides is 3. The number of halogens is 3. The predicted molar refractivity (Wildman–Crippen MR) is 63.3 cm³/mol. The van der Waals surface area contributed by atoms with E-state index in [1.165, 1.54) is 13.1 Å². The third-order valence-corrected chi connectivity index (χ3v) is 2.14. The number of hydrogen-bond donors (Lipinski definition) is 1. The van der Waals surface area contributed by atoms with Crippen molar-refractivity contribution in [3.05, 3.63) is 29.8 Å². The van der Waals surface area contributed by atoms with Gasteiger partial charge < -0.3 is 5.32 Å². The number of anilines is 1. The maximum atomic E-state index is 12.1. The maximum Gasteiger partial charge on any atom is 0.401 e. The molecule has 1 aromatic rings. The first-order valence-corrected chi connectivity index (χ1v) is 5.35. The van der Waals surface area contributed by atoms with Crippen LogP contribution in [0.15, 0.2) is 24.3 Å². The largest absolute Gasteiger partial charge is 0.401 e. The molecule has 0 spiro atoms. The molecule has 0 heterocycles. The number of amides is 1. The highest BCUT2D eigenvalue weighted by Crippen LogP contribution is 2.15. The van der Waals surface area contributed by atoms with Gasteiger partial charge in [0.05, 0.1) is 24.7 Å². The number of nitrogens with one attached hydrogen (secondary N) is 1. The third kappa shape index (κ3) is 5.88. The Morgan fingerprint density at radius 2 is 2.16 bits per heavy atom. The molecule has 0 unspecified atom stereocenters. The average Bonchev–Trinajstić information content (AvgIpc) is 2.26. The van der Waals surface area contributed by atoms with Crippen LogP contribution in [0.25, 0.3) is 0 Å². The molecule has 19 heavy (non-hydrogen) atoms. The van der Waals surface area contributed by atoms with Gasteiger partial charge in [-0.3, -0.25) is 9.69 Å². The maximum absolute atomic E-state index is 12.1. The lowest BCUT2D eigenvalue weighted by Crippen LogP contribution is -2.36. The summed E-state index contributed by atoms with van der Waals surface area (Å²) >= 11 is 0. The summed E-state index contributed by atoms with van der Waals surface area (Å²) in [7, 11) is 1.21. The molecule has 1 N–H and O–H groups in total. The van der Waals surface area contributed by atoms with E-state index in [1.54, 1.807) is 18.2 Å². The van der Waals surface area contributed by atoms with Crippen molar-refractivity contribution in [3.63, 3.8) is 0 Å². The van der Waals surface area contributed by atoms with Gasteiger partial charge in [-0.2, -0.15) is 18.4 Å². The van der Waals surface area contributed by atoms with Crippen molar-refractivity contribution < 1.29 is 18.0 Å². The quantitative estimate of drug-likeness (QED) is 0.911. The number of carbonyl (C=O) groups is 1. The van der Waals surface area contributed by atoms with Crippen LogP contribution >= 0.6 is 0 Å². The van der Waals surface area contributed by atoms with Gasteiger partial charge in [0.25, 0.3) is 0 Å². The second-order valence-electron chi connectivity index (χ2n) is 4.03. The molecule has 0 aliphatic carbocycles. The van der Waals surface area contributed by atoms with E-state index in [-0.39, 0.29) is 6.54 Å². The summed E-state index contributed by atoms with van der Waals surface area (Å²) in [6, 6.07) is 8.04. The topological polar surface area (TPSA) is 56.1 Å². The molecule has 7 heteroatoms. The average molecular weight is 271 g/mol. The Kier molecular flexibility index (Phi) is 4.89. The van der Waals surface area contributed by atoms with Crippen molar-refractivity contribution in [2.24, 2.45) is 0 Å². The van der Waals surface area contributed by atoms with E-state index in [1.807, 2.05) is 6.07 Å². The summed E-state index contributed by atoms with van der Waals surface area (Å²) in [5.74, 6) is -0.568. The minimum absolute atomic E-state index is 0.362. The van der Waals surface area contributed by atoms with Crippen molar-refractivity contribution in [2.75, 3.05) is 25.5 Å². The first-order chi connectivity index (χ1) is 8.80. The van der Waals surface area contributed by atoms with E-state index in [0.717, 1.165) is 4.90 Å². The van der Waals surface area contributed by atoms with Crippen LogP contribution in [-0.4, -0.2) is 37.1 Å². The molecule has 0 fully saturated rings. The van der Waals surface area contributed by atoms with Gasteiger partial charge in [-0.1, -0.05) is 6.07 Å². The molecule has 0 aliphatic heterocycles. The zero-order chi connectivity index (χ0) is 14.5. The van der Waals surface area contributed by atoms with E-state index in [4.69, 9.17) is 5.26 Å². The summed E-state index contributed by atoms with van der Waals surface area (Å²) < 4.78 is 36.2. The standard InChI is InChI=1S/C12H12F3N3O/c1-18(8-12(13,14)15)7-11(19)17-10-4-2-3-9(5-10)6-16/h2-5H,7-8H2,1H3,(H,17,19). The van der Waals surface area contributed by atoms with Crippen molar-refractivity contribution in [1.29, 1.82) is 5.26 Å². The van der Waals surface area contributed by atoms with Gasteiger partial charge >= 0.3 is 6.18 Å². The number of nitrogens with zero attached hydrogens (tertiary/aromatic N) is 2. The Bertz CT molecular complexity index is 494. The van der Waals surface area contributed by atoms with Gasteiger partial charge in [0.1, 0.15) is 0 Å². The SMILES string of the molecule is CN(CC(=O)Nc1cccc(C#N)c1)CC(F)(F)F. The van der Waals surface area contributed by atoms with Crippen molar-refractivity contribution in [1.82, 2.24) is 4.90 Å². The Morgan fingerprint density at radius 3 is 2.74 bits per heavy atom. The van der Waals surface area contributed by atoms with Gasteiger partial charge in [-0.15, -0.1) is 0 Å². The van der Waals surface area contributed by atoms with Gasteiger partial charge in [0, 0.05) is 5.69 Å². The van der Waals surface area contributed by atoms with Gasteiger partial charge in [0.15, 0.2) is 0 Å². The smallest absolute Gasteiger partial charge is 0.325 e. The van der Waals surface area contributed by atoms with Gasteiger partial charge in [0.2, 0.25) is 5.91 Å². The first kappa shape index (κ1) is 15.0. The molecule has 1 rings (SSSR count). The Balaban J connectivity index is 2.53. The molecule has 0 saturated carbocycles. The van der Waals surface area contributed by atoms with Crippen LogP contribution in [0.4, 0.5) is 18.9 Å². The van der Waals surface area contributed by atoms with Crippen LogP contribution in [0.3, 0.4) is 0 Å². The van der Waals surface area contributed by atoms with E-state index < -0.39 is 18.6 Å². The van der Waals surface area contributed by atoms with Crippen molar-refractivity contribution >= 4 is 11.6 Å². The number of benzene rings is 1. The van der Waals surface area contributed by atoms with Crippen LogP contribution < -0.4 is 5.32 Å². The zero-order valence-corrected chi connectivity index (χ0v) is 10.2. The fraction of sp³-hybridized carbons (Fsp3) is 0.333. The summed E-state index contributed by atoms with van der Waals surface area (Å²) in [6.07, 6.45) is -4.34. The lowest BCUT2D eigenvalue weighted by Gasteiger charge is -2.17. The Hall–Kier alpha value is -2.07. The minimum atomic E-state index is -4.34. The fourth-order valence-electron chi connectivity index (χ4n) is 1.47. The summed E-state index contributed by atoms with van der Waals surface area (Å²) in [5, 5.41) is 11.1. The van der Waals surface area contributed by atoms with E-state index in [9.17, 15) is 18.0 Å². The Labute approximate surface area is 108 Å². The second kappa shape index (κ2) is 6.20. The van der Waals surface area contributed by atoms with Crippen LogP contribution in [0.1, 0.15) is 5.56 Å². The molecular formula is C12H12F3N3O. The van der Waals surface area contributed by atoms with Crippen LogP contribution in [-0.2, 0) is 4.79 Å². The molecule has 0 saturated heterocycles. The summed E-state index contributed by atoms with van der Waals surface area (Å²) in [5.41, 5.74) is 0.742. The first-order valence-electron chi connectivity index (χ1n) is 5.35. The minimum Gasteiger partial charge on any atom is -0.325 e.